The Labute approximate surface area is 56.3 Å². The lowest BCUT2D eigenvalue weighted by Gasteiger charge is -2.13. The van der Waals surface area contributed by atoms with Gasteiger partial charge in [-0.25, -0.2) is 0 Å². The smallest absolute Gasteiger partial charge is 0.0693 e. The van der Waals surface area contributed by atoms with E-state index >= 15 is 0 Å². The van der Waals surface area contributed by atoms with Crippen molar-refractivity contribution >= 4 is 0 Å². The molecule has 2 heteroatoms. The zero-order valence-electron chi connectivity index (χ0n) is 5.93. The van der Waals surface area contributed by atoms with Gasteiger partial charge in [-0.05, 0) is 25.8 Å². The van der Waals surface area contributed by atoms with E-state index in [1.807, 2.05) is 0 Å². The van der Waals surface area contributed by atoms with E-state index in [0.29, 0.717) is 6.04 Å². The summed E-state index contributed by atoms with van der Waals surface area (Å²) in [5.74, 6) is 0. The molecule has 0 spiro atoms. The van der Waals surface area contributed by atoms with Crippen LogP contribution in [-0.2, 0) is 0 Å². The maximum absolute atomic E-state index is 9.26. The Bertz CT molecular complexity index is 85.0. The Kier molecular flexibility index (Phi) is 2.49. The molecule has 54 valence electrons. The quantitative estimate of drug-likeness (QED) is 0.569. The minimum atomic E-state index is -0.0788. The number of aliphatic hydroxyl groups excluding tert-OH is 1. The summed E-state index contributed by atoms with van der Waals surface area (Å²) in [6, 6.07) is 0.384. The van der Waals surface area contributed by atoms with Gasteiger partial charge in [-0.15, -0.1) is 0 Å². The first-order valence-corrected chi connectivity index (χ1v) is 3.76. The molecule has 9 heavy (non-hydrogen) atoms. The first-order chi connectivity index (χ1) is 4.34. The predicted molar refractivity (Wildman–Crippen MR) is 37.3 cm³/mol. The van der Waals surface area contributed by atoms with E-state index < -0.39 is 0 Å². The average Bonchev–Trinajstić information content (AvgIpc) is 2.18. The SMILES string of the molecule is CCN[C@H]1CCC[C@@H]1O. The van der Waals surface area contributed by atoms with Crippen LogP contribution in [0.15, 0.2) is 0 Å². The molecule has 2 nitrogen and oxygen atoms in total. The zero-order chi connectivity index (χ0) is 6.69. The van der Waals surface area contributed by atoms with Crippen molar-refractivity contribution in [3.8, 4) is 0 Å². The molecule has 0 aromatic heterocycles. The zero-order valence-corrected chi connectivity index (χ0v) is 5.93. The molecule has 2 atom stereocenters. The van der Waals surface area contributed by atoms with Crippen molar-refractivity contribution in [3.63, 3.8) is 0 Å². The van der Waals surface area contributed by atoms with Gasteiger partial charge in [0.25, 0.3) is 0 Å². The molecule has 0 unspecified atom stereocenters. The molecule has 1 aliphatic carbocycles. The number of rotatable bonds is 2. The Morgan fingerprint density at radius 2 is 2.33 bits per heavy atom. The van der Waals surface area contributed by atoms with Gasteiger partial charge in [0.2, 0.25) is 0 Å². The second-order valence-electron chi connectivity index (χ2n) is 2.66. The summed E-state index contributed by atoms with van der Waals surface area (Å²) < 4.78 is 0. The first kappa shape index (κ1) is 7.03. The van der Waals surface area contributed by atoms with E-state index in [-0.39, 0.29) is 6.10 Å². The van der Waals surface area contributed by atoms with E-state index in [2.05, 4.69) is 12.2 Å². The van der Waals surface area contributed by atoms with Crippen molar-refractivity contribution in [1.29, 1.82) is 0 Å². The standard InChI is InChI=1S/C7H15NO/c1-2-8-6-4-3-5-7(6)9/h6-9H,2-5H2,1H3/t6-,7-/m0/s1. The van der Waals surface area contributed by atoms with Crippen LogP contribution in [-0.4, -0.2) is 23.8 Å². The fourth-order valence-electron chi connectivity index (χ4n) is 1.44. The highest BCUT2D eigenvalue weighted by molar-refractivity contribution is 4.81. The Morgan fingerprint density at radius 1 is 1.56 bits per heavy atom. The molecule has 2 N–H and O–H groups in total. The lowest BCUT2D eigenvalue weighted by Crippen LogP contribution is -2.35. The third kappa shape index (κ3) is 1.66. The lowest BCUT2D eigenvalue weighted by atomic mass is 10.2. The second kappa shape index (κ2) is 3.18. The molecule has 1 fully saturated rings. The van der Waals surface area contributed by atoms with Crippen molar-refractivity contribution < 1.29 is 5.11 Å². The highest BCUT2D eigenvalue weighted by atomic mass is 16.3. The van der Waals surface area contributed by atoms with Crippen LogP contribution in [0.4, 0.5) is 0 Å². The lowest BCUT2D eigenvalue weighted by molar-refractivity contribution is 0.150. The van der Waals surface area contributed by atoms with Gasteiger partial charge in [0.05, 0.1) is 6.10 Å². The molecular weight excluding hydrogens is 114 g/mol. The summed E-state index contributed by atoms with van der Waals surface area (Å²) in [6.07, 6.45) is 3.23. The highest BCUT2D eigenvalue weighted by Gasteiger charge is 2.23. The average molecular weight is 129 g/mol. The number of nitrogens with one attached hydrogen (secondary N) is 1. The Morgan fingerprint density at radius 3 is 2.78 bits per heavy atom. The Balaban J connectivity index is 2.22. The molecule has 0 heterocycles. The molecule has 0 saturated heterocycles. The molecule has 0 aromatic rings. The topological polar surface area (TPSA) is 32.3 Å². The van der Waals surface area contributed by atoms with E-state index in [4.69, 9.17) is 0 Å². The van der Waals surface area contributed by atoms with Gasteiger partial charge in [-0.1, -0.05) is 6.92 Å². The number of aliphatic hydroxyl groups is 1. The van der Waals surface area contributed by atoms with Crippen molar-refractivity contribution in [2.24, 2.45) is 0 Å². The van der Waals surface area contributed by atoms with Crippen LogP contribution in [0.2, 0.25) is 0 Å². The van der Waals surface area contributed by atoms with Gasteiger partial charge in [0.1, 0.15) is 0 Å². The number of hydrogen-bond acceptors (Lipinski definition) is 2. The molecule has 0 radical (unpaired) electrons. The van der Waals surface area contributed by atoms with Crippen LogP contribution in [0.1, 0.15) is 26.2 Å². The van der Waals surface area contributed by atoms with Gasteiger partial charge in [-0.2, -0.15) is 0 Å². The largest absolute Gasteiger partial charge is 0.392 e. The fourth-order valence-corrected chi connectivity index (χ4v) is 1.44. The van der Waals surface area contributed by atoms with Crippen LogP contribution in [0.25, 0.3) is 0 Å². The molecule has 0 amide bonds. The van der Waals surface area contributed by atoms with E-state index in [1.165, 1.54) is 6.42 Å². The van der Waals surface area contributed by atoms with E-state index in [9.17, 15) is 5.11 Å². The van der Waals surface area contributed by atoms with Gasteiger partial charge in [-0.3, -0.25) is 0 Å². The molecule has 1 aliphatic rings. The normalized spacial score (nSPS) is 35.3. The number of likely N-dealkylation sites (N-methyl/N-ethyl adjacent to an activating group) is 1. The van der Waals surface area contributed by atoms with Crippen molar-refractivity contribution in [1.82, 2.24) is 5.32 Å². The van der Waals surface area contributed by atoms with Crippen LogP contribution in [0.3, 0.4) is 0 Å². The summed E-state index contributed by atoms with van der Waals surface area (Å²) >= 11 is 0. The molecule has 1 rings (SSSR count). The summed E-state index contributed by atoms with van der Waals surface area (Å²) in [4.78, 5) is 0. The van der Waals surface area contributed by atoms with Crippen LogP contribution >= 0.6 is 0 Å². The van der Waals surface area contributed by atoms with Crippen molar-refractivity contribution in [2.45, 2.75) is 38.3 Å². The van der Waals surface area contributed by atoms with Crippen molar-refractivity contribution in [2.75, 3.05) is 6.54 Å². The van der Waals surface area contributed by atoms with Crippen LogP contribution < -0.4 is 5.32 Å². The monoisotopic (exact) mass is 129 g/mol. The molecule has 0 aliphatic heterocycles. The van der Waals surface area contributed by atoms with Crippen molar-refractivity contribution in [3.05, 3.63) is 0 Å². The summed E-state index contributed by atoms with van der Waals surface area (Å²) in [5.41, 5.74) is 0. The molecule has 0 aromatic carbocycles. The predicted octanol–water partition coefficient (Wildman–Crippen LogP) is 0.509. The van der Waals surface area contributed by atoms with Gasteiger partial charge >= 0.3 is 0 Å². The third-order valence-electron chi connectivity index (χ3n) is 1.95. The van der Waals surface area contributed by atoms with Gasteiger partial charge in [0, 0.05) is 6.04 Å². The van der Waals surface area contributed by atoms with Gasteiger partial charge < -0.3 is 10.4 Å². The molecule has 0 bridgehead atoms. The summed E-state index contributed by atoms with van der Waals surface area (Å²) in [7, 11) is 0. The maximum atomic E-state index is 9.26. The minimum Gasteiger partial charge on any atom is -0.392 e. The molecular formula is C7H15NO. The van der Waals surface area contributed by atoms with E-state index in [0.717, 1.165) is 19.4 Å². The van der Waals surface area contributed by atoms with E-state index in [1.54, 1.807) is 0 Å². The minimum absolute atomic E-state index is 0.0788. The number of hydrogen-bond donors (Lipinski definition) is 2. The van der Waals surface area contributed by atoms with Crippen LogP contribution in [0.5, 0.6) is 0 Å². The fraction of sp³-hybridized carbons (Fsp3) is 1.00. The maximum Gasteiger partial charge on any atom is 0.0693 e. The van der Waals surface area contributed by atoms with Crippen LogP contribution in [0, 0.1) is 0 Å². The third-order valence-corrected chi connectivity index (χ3v) is 1.95. The molecule has 1 saturated carbocycles. The summed E-state index contributed by atoms with van der Waals surface area (Å²) in [6.45, 7) is 3.05. The second-order valence-corrected chi connectivity index (χ2v) is 2.66. The first-order valence-electron chi connectivity index (χ1n) is 3.76. The summed E-state index contributed by atoms with van der Waals surface area (Å²) in [5, 5.41) is 12.5. The van der Waals surface area contributed by atoms with Gasteiger partial charge in [0.15, 0.2) is 0 Å². The highest BCUT2D eigenvalue weighted by Crippen LogP contribution is 2.18. The Hall–Kier alpha value is -0.0800.